The molecule has 3 aromatic heterocycles. The van der Waals surface area contributed by atoms with E-state index in [-0.39, 0.29) is 23.5 Å². The largest absolute Gasteiger partial charge is 0.466 e. The van der Waals surface area contributed by atoms with Gasteiger partial charge in [-0.05, 0) is 50.1 Å². The highest BCUT2D eigenvalue weighted by Gasteiger charge is 2.32. The lowest BCUT2D eigenvalue weighted by atomic mass is 9.97. The van der Waals surface area contributed by atoms with Crippen molar-refractivity contribution in [3.63, 3.8) is 0 Å². The van der Waals surface area contributed by atoms with Crippen LogP contribution in [0.3, 0.4) is 0 Å². The maximum Gasteiger partial charge on any atom is 0.416 e. The smallest absolute Gasteiger partial charge is 0.416 e. The van der Waals surface area contributed by atoms with Gasteiger partial charge in [-0.2, -0.15) is 13.2 Å². The van der Waals surface area contributed by atoms with Crippen molar-refractivity contribution in [3.05, 3.63) is 70.4 Å². The quantitative estimate of drug-likeness (QED) is 0.192. The number of likely N-dealkylation sites (tertiary alicyclic amines) is 1. The van der Waals surface area contributed by atoms with Gasteiger partial charge in [0.2, 0.25) is 0 Å². The average Bonchev–Trinajstić information content (AvgIpc) is 3.63. The Kier molecular flexibility index (Phi) is 8.68. The van der Waals surface area contributed by atoms with Gasteiger partial charge in [0.05, 0.1) is 29.5 Å². The first-order valence-corrected chi connectivity index (χ1v) is 14.7. The maximum absolute atomic E-state index is 13.5. The minimum absolute atomic E-state index is 0.202. The zero-order valence-corrected chi connectivity index (χ0v) is 23.5. The number of carbonyl (C=O) groups is 2. The summed E-state index contributed by atoms with van der Waals surface area (Å²) in [4.78, 5) is 35.3. The monoisotopic (exact) mass is 602 g/mol. The summed E-state index contributed by atoms with van der Waals surface area (Å²) in [5.74, 6) is 0.0452. The molecule has 0 spiro atoms. The summed E-state index contributed by atoms with van der Waals surface area (Å²) in [6.07, 6.45) is -0.265. The summed E-state index contributed by atoms with van der Waals surface area (Å²) in [6.45, 7) is 2.99. The van der Waals surface area contributed by atoms with E-state index in [1.807, 2.05) is 0 Å². The molecule has 4 aromatic rings. The molecule has 4 heterocycles. The molecule has 14 heteroatoms. The number of ether oxygens (including phenoxy) is 1. The van der Waals surface area contributed by atoms with Gasteiger partial charge in [-0.25, -0.2) is 4.98 Å². The van der Waals surface area contributed by atoms with E-state index < -0.39 is 11.7 Å². The Bertz CT molecular complexity index is 1520. The first-order chi connectivity index (χ1) is 19.7. The van der Waals surface area contributed by atoms with Gasteiger partial charge in [0.15, 0.2) is 11.0 Å². The predicted octanol–water partition coefficient (Wildman–Crippen LogP) is 5.51. The van der Waals surface area contributed by atoms with E-state index in [2.05, 4.69) is 20.2 Å². The Morgan fingerprint density at radius 3 is 2.66 bits per heavy atom. The lowest BCUT2D eigenvalue weighted by Crippen LogP contribution is -2.40. The predicted molar refractivity (Wildman–Crippen MR) is 147 cm³/mol. The number of benzene rings is 1. The fourth-order valence-corrected chi connectivity index (χ4v) is 6.18. The molecule has 0 N–H and O–H groups in total. The van der Waals surface area contributed by atoms with Gasteiger partial charge in [-0.1, -0.05) is 17.8 Å². The van der Waals surface area contributed by atoms with E-state index in [1.54, 1.807) is 52.4 Å². The second-order valence-corrected chi connectivity index (χ2v) is 11.1. The van der Waals surface area contributed by atoms with Crippen molar-refractivity contribution in [2.45, 2.75) is 36.9 Å². The molecule has 0 bridgehead atoms. The molecule has 1 aliphatic rings. The molecule has 1 fully saturated rings. The molecular formula is C27H25F3N6O3S2. The fourth-order valence-electron chi connectivity index (χ4n) is 4.44. The molecule has 0 unspecified atom stereocenters. The molecule has 5 rings (SSSR count). The van der Waals surface area contributed by atoms with E-state index in [0.29, 0.717) is 65.5 Å². The van der Waals surface area contributed by atoms with Gasteiger partial charge < -0.3 is 9.64 Å². The molecule has 41 heavy (non-hydrogen) atoms. The number of thioether (sulfide) groups is 1. The van der Waals surface area contributed by atoms with Gasteiger partial charge in [-0.15, -0.1) is 21.5 Å². The molecule has 0 aliphatic carbocycles. The summed E-state index contributed by atoms with van der Waals surface area (Å²) in [5, 5.41) is 11.2. The number of rotatable bonds is 8. The molecule has 0 saturated carbocycles. The molecule has 1 aliphatic heterocycles. The fraction of sp³-hybridized carbons (Fsp3) is 0.333. The third-order valence-electron chi connectivity index (χ3n) is 6.48. The summed E-state index contributed by atoms with van der Waals surface area (Å²) < 4.78 is 47.1. The second kappa shape index (κ2) is 12.4. The summed E-state index contributed by atoms with van der Waals surface area (Å²) in [6, 6.07) is 8.43. The van der Waals surface area contributed by atoms with E-state index >= 15 is 0 Å². The van der Waals surface area contributed by atoms with Crippen molar-refractivity contribution in [3.8, 4) is 17.1 Å². The minimum Gasteiger partial charge on any atom is -0.466 e. The van der Waals surface area contributed by atoms with Crippen LogP contribution in [0.4, 0.5) is 13.2 Å². The van der Waals surface area contributed by atoms with Gasteiger partial charge >= 0.3 is 12.1 Å². The normalized spacial score (nSPS) is 14.3. The summed E-state index contributed by atoms with van der Waals surface area (Å²) >= 11 is 2.57. The standard InChI is InChI=1S/C27H25F3N6O3S2/c1-2-39-25(38)17-8-11-35(12-9-17)24(37)21-15-40-22(32-21)16-41-26-34-33-23(18-5-4-10-31-14-18)36(26)20-7-3-6-19(13-20)27(28,29)30/h3-7,10,13-15,17H,2,8-9,11-12,16H2,1H3. The third kappa shape index (κ3) is 6.59. The Balaban J connectivity index is 1.32. The molecule has 9 nitrogen and oxygen atoms in total. The van der Waals surface area contributed by atoms with Crippen LogP contribution in [0.5, 0.6) is 0 Å². The lowest BCUT2D eigenvalue weighted by Gasteiger charge is -2.30. The number of hydrogen-bond acceptors (Lipinski definition) is 9. The molecule has 214 valence electrons. The molecule has 1 amide bonds. The zero-order chi connectivity index (χ0) is 29.0. The number of piperidine rings is 1. The van der Waals surface area contributed by atoms with Crippen LogP contribution in [-0.4, -0.2) is 61.2 Å². The lowest BCUT2D eigenvalue weighted by molar-refractivity contribution is -0.149. The number of pyridine rings is 1. The van der Waals surface area contributed by atoms with Gasteiger partial charge in [0, 0.05) is 36.4 Å². The number of nitrogens with zero attached hydrogens (tertiary/aromatic N) is 6. The summed E-state index contributed by atoms with van der Waals surface area (Å²) in [7, 11) is 0. The number of halogens is 3. The number of amides is 1. The molecule has 1 saturated heterocycles. The molecule has 1 aromatic carbocycles. The average molecular weight is 603 g/mol. The van der Waals surface area contributed by atoms with Crippen molar-refractivity contribution in [1.29, 1.82) is 0 Å². The first kappa shape index (κ1) is 28.7. The highest BCUT2D eigenvalue weighted by Crippen LogP contribution is 2.34. The van der Waals surface area contributed by atoms with Crippen LogP contribution >= 0.6 is 23.1 Å². The van der Waals surface area contributed by atoms with Crippen molar-refractivity contribution < 1.29 is 27.5 Å². The van der Waals surface area contributed by atoms with Crippen LogP contribution in [0.2, 0.25) is 0 Å². The van der Waals surface area contributed by atoms with E-state index in [1.165, 1.54) is 29.2 Å². The Hall–Kier alpha value is -3.78. The molecular weight excluding hydrogens is 577 g/mol. The number of thiazole rings is 1. The van der Waals surface area contributed by atoms with Crippen molar-refractivity contribution in [2.24, 2.45) is 5.92 Å². The Labute approximate surface area is 241 Å². The van der Waals surface area contributed by atoms with Gasteiger partial charge in [0.25, 0.3) is 5.91 Å². The van der Waals surface area contributed by atoms with Crippen LogP contribution in [0.15, 0.2) is 59.3 Å². The Morgan fingerprint density at radius 1 is 1.15 bits per heavy atom. The third-order valence-corrected chi connectivity index (χ3v) is 8.45. The Morgan fingerprint density at radius 2 is 1.95 bits per heavy atom. The van der Waals surface area contributed by atoms with Crippen LogP contribution in [0.1, 0.15) is 40.8 Å². The van der Waals surface area contributed by atoms with E-state index in [9.17, 15) is 22.8 Å². The van der Waals surface area contributed by atoms with E-state index in [0.717, 1.165) is 12.1 Å². The minimum atomic E-state index is -4.51. The topological polar surface area (TPSA) is 103 Å². The molecule has 0 atom stereocenters. The molecule has 0 radical (unpaired) electrons. The van der Waals surface area contributed by atoms with Crippen molar-refractivity contribution >= 4 is 35.0 Å². The number of esters is 1. The maximum atomic E-state index is 13.5. The SMILES string of the molecule is CCOC(=O)C1CCN(C(=O)c2csc(CSc3nnc(-c4cccnc4)n3-c3cccc(C(F)(F)F)c3)n2)CC1. The van der Waals surface area contributed by atoms with Crippen LogP contribution in [0.25, 0.3) is 17.1 Å². The first-order valence-electron chi connectivity index (χ1n) is 12.8. The number of alkyl halides is 3. The van der Waals surface area contributed by atoms with Crippen LogP contribution in [0, 0.1) is 5.92 Å². The van der Waals surface area contributed by atoms with Crippen molar-refractivity contribution in [2.75, 3.05) is 19.7 Å². The van der Waals surface area contributed by atoms with Crippen LogP contribution < -0.4 is 0 Å². The number of aromatic nitrogens is 5. The van der Waals surface area contributed by atoms with Gasteiger partial charge in [0.1, 0.15) is 10.7 Å². The highest BCUT2D eigenvalue weighted by molar-refractivity contribution is 7.98. The highest BCUT2D eigenvalue weighted by atomic mass is 32.2. The second-order valence-electron chi connectivity index (χ2n) is 9.17. The number of carbonyl (C=O) groups excluding carboxylic acids is 2. The van der Waals surface area contributed by atoms with Gasteiger partial charge in [-0.3, -0.25) is 19.1 Å². The van der Waals surface area contributed by atoms with Crippen molar-refractivity contribution in [1.82, 2.24) is 29.6 Å². The zero-order valence-electron chi connectivity index (χ0n) is 21.9. The summed E-state index contributed by atoms with van der Waals surface area (Å²) in [5.41, 5.74) is 0.382. The number of hydrogen-bond donors (Lipinski definition) is 0. The van der Waals surface area contributed by atoms with E-state index in [4.69, 9.17) is 4.74 Å². The van der Waals surface area contributed by atoms with Crippen LogP contribution in [-0.2, 0) is 21.5 Å².